The molecule has 1 fully saturated rings. The molecule has 3 atom stereocenters. The van der Waals surface area contributed by atoms with Crippen molar-refractivity contribution in [2.75, 3.05) is 7.05 Å². The Bertz CT molecular complexity index is 184. The van der Waals surface area contributed by atoms with Crippen LogP contribution in [0.3, 0.4) is 0 Å². The van der Waals surface area contributed by atoms with Crippen LogP contribution in [-0.4, -0.2) is 25.3 Å². The van der Waals surface area contributed by atoms with Gasteiger partial charge in [0, 0.05) is 6.04 Å². The van der Waals surface area contributed by atoms with Gasteiger partial charge in [-0.2, -0.15) is 0 Å². The largest absolute Gasteiger partial charge is 0.374 e. The van der Waals surface area contributed by atoms with Crippen LogP contribution in [0, 0.1) is 0 Å². The van der Waals surface area contributed by atoms with Gasteiger partial charge in [-0.15, -0.1) is 0 Å². The van der Waals surface area contributed by atoms with Gasteiger partial charge in [0.1, 0.15) is 0 Å². The van der Waals surface area contributed by atoms with Crippen molar-refractivity contribution in [2.45, 2.75) is 89.9 Å². The summed E-state index contributed by atoms with van der Waals surface area (Å²) < 4.78 is 6.21. The molecule has 0 radical (unpaired) electrons. The monoisotopic (exact) mass is 241 g/mol. The van der Waals surface area contributed by atoms with Gasteiger partial charge in [0.2, 0.25) is 0 Å². The van der Waals surface area contributed by atoms with E-state index in [0.29, 0.717) is 18.2 Å². The van der Waals surface area contributed by atoms with Crippen molar-refractivity contribution >= 4 is 0 Å². The van der Waals surface area contributed by atoms with Crippen LogP contribution in [0.25, 0.3) is 0 Å². The SMILES string of the molecule is CCCCCCC(C)OC1CCCCC1NC. The minimum Gasteiger partial charge on any atom is -0.374 e. The van der Waals surface area contributed by atoms with Crippen molar-refractivity contribution < 1.29 is 4.74 Å². The number of hydrogen-bond acceptors (Lipinski definition) is 2. The molecule has 3 unspecified atom stereocenters. The minimum atomic E-state index is 0.436. The number of nitrogens with one attached hydrogen (secondary N) is 1. The molecule has 0 aromatic rings. The molecule has 0 spiro atoms. The van der Waals surface area contributed by atoms with Crippen LogP contribution in [0.2, 0.25) is 0 Å². The van der Waals surface area contributed by atoms with E-state index in [0.717, 1.165) is 0 Å². The number of ether oxygens (including phenoxy) is 1. The minimum absolute atomic E-state index is 0.436. The Hall–Kier alpha value is -0.0800. The molecule has 1 N–H and O–H groups in total. The molecule has 1 rings (SSSR count). The summed E-state index contributed by atoms with van der Waals surface area (Å²) in [6.07, 6.45) is 12.7. The standard InChI is InChI=1S/C15H31NO/c1-4-5-6-7-10-13(2)17-15-12-9-8-11-14(15)16-3/h13-16H,4-12H2,1-3H3. The number of hydrogen-bond donors (Lipinski definition) is 1. The maximum Gasteiger partial charge on any atom is 0.0731 e. The lowest BCUT2D eigenvalue weighted by Crippen LogP contribution is -2.43. The molecular formula is C15H31NO. The Labute approximate surface area is 108 Å². The second-order valence-corrected chi connectivity index (χ2v) is 5.51. The van der Waals surface area contributed by atoms with Gasteiger partial charge in [-0.1, -0.05) is 45.4 Å². The highest BCUT2D eigenvalue weighted by Gasteiger charge is 2.25. The average molecular weight is 241 g/mol. The Morgan fingerprint density at radius 2 is 1.94 bits per heavy atom. The molecule has 17 heavy (non-hydrogen) atoms. The van der Waals surface area contributed by atoms with Crippen molar-refractivity contribution in [3.8, 4) is 0 Å². The van der Waals surface area contributed by atoms with E-state index in [9.17, 15) is 0 Å². The van der Waals surface area contributed by atoms with Crippen LogP contribution >= 0.6 is 0 Å². The number of unbranched alkanes of at least 4 members (excludes halogenated alkanes) is 3. The van der Waals surface area contributed by atoms with E-state index in [1.165, 1.54) is 57.8 Å². The summed E-state index contributed by atoms with van der Waals surface area (Å²) in [5.74, 6) is 0. The van der Waals surface area contributed by atoms with Crippen molar-refractivity contribution in [2.24, 2.45) is 0 Å². The molecule has 2 nitrogen and oxygen atoms in total. The van der Waals surface area contributed by atoms with Crippen LogP contribution < -0.4 is 5.32 Å². The molecule has 0 bridgehead atoms. The van der Waals surface area contributed by atoms with Crippen molar-refractivity contribution in [1.29, 1.82) is 0 Å². The van der Waals surface area contributed by atoms with E-state index < -0.39 is 0 Å². The molecular weight excluding hydrogens is 210 g/mol. The first-order valence-electron chi connectivity index (χ1n) is 7.60. The Morgan fingerprint density at radius 1 is 1.18 bits per heavy atom. The third kappa shape index (κ3) is 5.87. The smallest absolute Gasteiger partial charge is 0.0731 e. The molecule has 2 heteroatoms. The van der Waals surface area contributed by atoms with Crippen LogP contribution in [0.5, 0.6) is 0 Å². The third-order valence-corrected chi connectivity index (χ3v) is 3.94. The number of rotatable bonds is 8. The maximum atomic E-state index is 6.21. The summed E-state index contributed by atoms with van der Waals surface area (Å²) >= 11 is 0. The first-order valence-corrected chi connectivity index (χ1v) is 7.60. The Kier molecular flexibility index (Phi) is 7.87. The van der Waals surface area contributed by atoms with E-state index >= 15 is 0 Å². The van der Waals surface area contributed by atoms with Gasteiger partial charge in [0.25, 0.3) is 0 Å². The predicted molar refractivity (Wildman–Crippen MR) is 74.4 cm³/mol. The average Bonchev–Trinajstić information content (AvgIpc) is 2.35. The molecule has 1 aliphatic carbocycles. The molecule has 0 aromatic heterocycles. The normalized spacial score (nSPS) is 27.0. The second kappa shape index (κ2) is 8.93. The van der Waals surface area contributed by atoms with Gasteiger partial charge < -0.3 is 10.1 Å². The molecule has 0 aliphatic heterocycles. The molecule has 0 aromatic carbocycles. The predicted octanol–water partition coefficient (Wildman–Crippen LogP) is 3.89. The number of likely N-dealkylation sites (N-methyl/N-ethyl adjacent to an activating group) is 1. The van der Waals surface area contributed by atoms with E-state index in [1.807, 2.05) is 0 Å². The van der Waals surface area contributed by atoms with Crippen molar-refractivity contribution in [3.63, 3.8) is 0 Å². The lowest BCUT2D eigenvalue weighted by Gasteiger charge is -2.33. The first kappa shape index (κ1) is 15.0. The lowest BCUT2D eigenvalue weighted by atomic mass is 9.92. The first-order chi connectivity index (χ1) is 8.27. The van der Waals surface area contributed by atoms with E-state index in [4.69, 9.17) is 4.74 Å². The Morgan fingerprint density at radius 3 is 2.65 bits per heavy atom. The molecule has 0 amide bonds. The van der Waals surface area contributed by atoms with Crippen LogP contribution in [-0.2, 0) is 4.74 Å². The summed E-state index contributed by atoms with van der Waals surface area (Å²) in [7, 11) is 2.07. The second-order valence-electron chi connectivity index (χ2n) is 5.51. The van der Waals surface area contributed by atoms with Gasteiger partial charge in [0.15, 0.2) is 0 Å². The van der Waals surface area contributed by atoms with Gasteiger partial charge in [-0.25, -0.2) is 0 Å². The molecule has 0 saturated heterocycles. The lowest BCUT2D eigenvalue weighted by molar-refractivity contribution is -0.0411. The molecule has 1 aliphatic rings. The van der Waals surface area contributed by atoms with Crippen LogP contribution in [0.1, 0.15) is 71.6 Å². The van der Waals surface area contributed by atoms with Gasteiger partial charge in [-0.3, -0.25) is 0 Å². The van der Waals surface area contributed by atoms with E-state index in [-0.39, 0.29) is 0 Å². The highest BCUT2D eigenvalue weighted by molar-refractivity contribution is 4.81. The highest BCUT2D eigenvalue weighted by atomic mass is 16.5. The molecule has 102 valence electrons. The summed E-state index contributed by atoms with van der Waals surface area (Å²) in [5.41, 5.74) is 0. The van der Waals surface area contributed by atoms with Crippen LogP contribution in [0.15, 0.2) is 0 Å². The van der Waals surface area contributed by atoms with E-state index in [2.05, 4.69) is 26.2 Å². The third-order valence-electron chi connectivity index (χ3n) is 3.94. The van der Waals surface area contributed by atoms with E-state index in [1.54, 1.807) is 0 Å². The fraction of sp³-hybridized carbons (Fsp3) is 1.00. The summed E-state index contributed by atoms with van der Waals surface area (Å²) in [5, 5.41) is 3.41. The highest BCUT2D eigenvalue weighted by Crippen LogP contribution is 2.23. The fourth-order valence-electron chi connectivity index (χ4n) is 2.81. The van der Waals surface area contributed by atoms with Gasteiger partial charge in [-0.05, 0) is 33.2 Å². The maximum absolute atomic E-state index is 6.21. The fourth-order valence-corrected chi connectivity index (χ4v) is 2.81. The summed E-state index contributed by atoms with van der Waals surface area (Å²) in [6, 6.07) is 0.585. The molecule has 0 heterocycles. The van der Waals surface area contributed by atoms with Gasteiger partial charge >= 0.3 is 0 Å². The zero-order valence-corrected chi connectivity index (χ0v) is 12.0. The summed E-state index contributed by atoms with van der Waals surface area (Å²) in [4.78, 5) is 0. The Balaban J connectivity index is 2.16. The van der Waals surface area contributed by atoms with Gasteiger partial charge in [0.05, 0.1) is 12.2 Å². The van der Waals surface area contributed by atoms with Crippen LogP contribution in [0.4, 0.5) is 0 Å². The summed E-state index contributed by atoms with van der Waals surface area (Å²) in [6.45, 7) is 4.51. The topological polar surface area (TPSA) is 21.3 Å². The quantitative estimate of drug-likeness (QED) is 0.651. The zero-order chi connectivity index (χ0) is 12.5. The van der Waals surface area contributed by atoms with Crippen molar-refractivity contribution in [3.05, 3.63) is 0 Å². The van der Waals surface area contributed by atoms with Crippen molar-refractivity contribution in [1.82, 2.24) is 5.32 Å². The zero-order valence-electron chi connectivity index (χ0n) is 12.0. The molecule has 1 saturated carbocycles.